The van der Waals surface area contributed by atoms with Gasteiger partial charge in [-0.2, -0.15) is 0 Å². The van der Waals surface area contributed by atoms with Crippen LogP contribution in [0.5, 0.6) is 0 Å². The highest BCUT2D eigenvalue weighted by atomic mass is 32.2. The van der Waals surface area contributed by atoms with E-state index < -0.39 is 9.84 Å². The number of benzene rings is 1. The first-order valence-electron chi connectivity index (χ1n) is 7.24. The second-order valence-corrected chi connectivity index (χ2v) is 7.86. The molecule has 3 N–H and O–H groups in total. The number of nitrogens with two attached hydrogens (primary N) is 1. The number of aliphatic imine (C=N–C) groups is 1. The third-order valence-corrected chi connectivity index (χ3v) is 4.42. The first-order valence-corrected chi connectivity index (χ1v) is 9.30. The van der Waals surface area contributed by atoms with Crippen LogP contribution in [-0.2, 0) is 22.1 Å². The van der Waals surface area contributed by atoms with Gasteiger partial charge in [0.15, 0.2) is 15.8 Å². The van der Waals surface area contributed by atoms with Crippen LogP contribution in [0.15, 0.2) is 29.3 Å². The maximum absolute atomic E-state index is 11.3. The van der Waals surface area contributed by atoms with Crippen molar-refractivity contribution in [1.29, 1.82) is 0 Å². The predicted molar refractivity (Wildman–Crippen MR) is 85.7 cm³/mol. The third-order valence-electron chi connectivity index (χ3n) is 3.56. The summed E-state index contributed by atoms with van der Waals surface area (Å²) in [6, 6.07) is 7.91. The Labute approximate surface area is 126 Å². The molecule has 2 rings (SSSR count). The van der Waals surface area contributed by atoms with E-state index in [0.717, 1.165) is 24.0 Å². The molecule has 1 saturated carbocycles. The smallest absolute Gasteiger partial charge is 0.189 e. The Hall–Kier alpha value is -1.56. The van der Waals surface area contributed by atoms with Crippen molar-refractivity contribution in [2.45, 2.75) is 44.0 Å². The molecule has 0 aliphatic heterocycles. The Morgan fingerprint density at radius 3 is 2.67 bits per heavy atom. The van der Waals surface area contributed by atoms with Gasteiger partial charge < -0.3 is 11.1 Å². The molecule has 0 unspecified atom stereocenters. The molecule has 0 spiro atoms. The lowest BCUT2D eigenvalue weighted by atomic mass is 10.1. The summed E-state index contributed by atoms with van der Waals surface area (Å²) < 4.78 is 22.6. The highest BCUT2D eigenvalue weighted by molar-refractivity contribution is 7.89. The van der Waals surface area contributed by atoms with Crippen LogP contribution in [0.3, 0.4) is 0 Å². The van der Waals surface area contributed by atoms with E-state index in [1.54, 1.807) is 0 Å². The Balaban J connectivity index is 1.94. The maximum Gasteiger partial charge on any atom is 0.189 e. The molecule has 116 valence electrons. The molecule has 0 amide bonds. The predicted octanol–water partition coefficient (Wildman–Crippen LogP) is 1.58. The lowest BCUT2D eigenvalue weighted by molar-refractivity contribution is 0.601. The zero-order valence-electron chi connectivity index (χ0n) is 12.4. The number of hydrogen-bond acceptors (Lipinski definition) is 3. The molecule has 0 atom stereocenters. The summed E-state index contributed by atoms with van der Waals surface area (Å²) in [5.41, 5.74) is 7.63. The third kappa shape index (κ3) is 5.75. The molecule has 5 nitrogen and oxygen atoms in total. The van der Waals surface area contributed by atoms with E-state index in [9.17, 15) is 8.42 Å². The van der Waals surface area contributed by atoms with E-state index in [0.29, 0.717) is 18.5 Å². The lowest BCUT2D eigenvalue weighted by Crippen LogP contribution is -2.38. The molecule has 1 aliphatic carbocycles. The van der Waals surface area contributed by atoms with Gasteiger partial charge in [0.25, 0.3) is 0 Å². The number of nitrogens with zero attached hydrogens (tertiary/aromatic N) is 1. The minimum atomic E-state index is -3.01. The van der Waals surface area contributed by atoms with Gasteiger partial charge in [-0.1, -0.05) is 37.1 Å². The lowest BCUT2D eigenvalue weighted by Gasteiger charge is -2.12. The van der Waals surface area contributed by atoms with Crippen molar-refractivity contribution in [3.05, 3.63) is 35.4 Å². The van der Waals surface area contributed by atoms with E-state index in [4.69, 9.17) is 5.73 Å². The largest absolute Gasteiger partial charge is 0.370 e. The summed E-state index contributed by atoms with van der Waals surface area (Å²) in [4.78, 5) is 4.33. The Kier molecular flexibility index (Phi) is 5.22. The topological polar surface area (TPSA) is 84.5 Å². The van der Waals surface area contributed by atoms with Crippen molar-refractivity contribution in [1.82, 2.24) is 5.32 Å². The number of sulfone groups is 1. The molecule has 0 aromatic heterocycles. The zero-order chi connectivity index (χ0) is 15.3. The van der Waals surface area contributed by atoms with Gasteiger partial charge in [-0.25, -0.2) is 13.4 Å². The van der Waals surface area contributed by atoms with E-state index in [1.165, 1.54) is 19.1 Å². The van der Waals surface area contributed by atoms with Crippen molar-refractivity contribution < 1.29 is 8.42 Å². The van der Waals surface area contributed by atoms with Crippen molar-refractivity contribution in [2.75, 3.05) is 6.26 Å². The van der Waals surface area contributed by atoms with Crippen LogP contribution in [0.25, 0.3) is 0 Å². The fourth-order valence-corrected chi connectivity index (χ4v) is 3.41. The van der Waals surface area contributed by atoms with Crippen LogP contribution < -0.4 is 11.1 Å². The number of hydrogen-bond donors (Lipinski definition) is 2. The molecule has 0 saturated heterocycles. The van der Waals surface area contributed by atoms with E-state index in [2.05, 4.69) is 10.3 Å². The molecule has 0 radical (unpaired) electrons. The van der Waals surface area contributed by atoms with Crippen LogP contribution in [-0.4, -0.2) is 26.7 Å². The Morgan fingerprint density at radius 2 is 2.00 bits per heavy atom. The first kappa shape index (κ1) is 15.8. The van der Waals surface area contributed by atoms with Crippen molar-refractivity contribution in [2.24, 2.45) is 10.7 Å². The summed E-state index contributed by atoms with van der Waals surface area (Å²) in [6.07, 6.45) is 6.04. The molecule has 21 heavy (non-hydrogen) atoms. The molecule has 0 heterocycles. The summed E-state index contributed by atoms with van der Waals surface area (Å²) in [5.74, 6) is 0.524. The quantitative estimate of drug-likeness (QED) is 0.639. The normalized spacial score (nSPS) is 17.1. The average Bonchev–Trinajstić information content (AvgIpc) is 2.87. The first-order chi connectivity index (χ1) is 9.92. The second-order valence-electron chi connectivity index (χ2n) is 5.72. The Morgan fingerprint density at radius 1 is 1.33 bits per heavy atom. The van der Waals surface area contributed by atoms with Crippen LogP contribution in [0.4, 0.5) is 0 Å². The Bertz CT molecular complexity index is 605. The van der Waals surface area contributed by atoms with Gasteiger partial charge in [0.2, 0.25) is 0 Å². The number of guanidine groups is 1. The SMILES string of the molecule is CS(=O)(=O)Cc1cccc(CN=C(N)NC2CCCC2)c1. The van der Waals surface area contributed by atoms with Gasteiger partial charge in [0.1, 0.15) is 0 Å². The van der Waals surface area contributed by atoms with Gasteiger partial charge in [-0.3, -0.25) is 0 Å². The van der Waals surface area contributed by atoms with E-state index in [1.807, 2.05) is 24.3 Å². The van der Waals surface area contributed by atoms with Gasteiger partial charge in [0, 0.05) is 12.3 Å². The standard InChI is InChI=1S/C15H23N3O2S/c1-21(19,20)11-13-6-4-5-12(9-13)10-17-15(16)18-14-7-2-3-8-14/h4-6,9,14H,2-3,7-8,10-11H2,1H3,(H3,16,17,18). The monoisotopic (exact) mass is 309 g/mol. The van der Waals surface area contributed by atoms with Crippen LogP contribution >= 0.6 is 0 Å². The van der Waals surface area contributed by atoms with Crippen LogP contribution in [0, 0.1) is 0 Å². The number of rotatable bonds is 5. The average molecular weight is 309 g/mol. The summed E-state index contributed by atoms with van der Waals surface area (Å²) in [5, 5.41) is 3.23. The zero-order valence-corrected chi connectivity index (χ0v) is 13.2. The van der Waals surface area contributed by atoms with Gasteiger partial charge in [0.05, 0.1) is 12.3 Å². The van der Waals surface area contributed by atoms with Crippen molar-refractivity contribution >= 4 is 15.8 Å². The summed E-state index contributed by atoms with van der Waals surface area (Å²) in [7, 11) is -3.01. The highest BCUT2D eigenvalue weighted by Gasteiger charge is 2.14. The fraction of sp³-hybridized carbons (Fsp3) is 0.533. The molecule has 1 fully saturated rings. The second kappa shape index (κ2) is 6.93. The van der Waals surface area contributed by atoms with Gasteiger partial charge in [-0.15, -0.1) is 0 Å². The van der Waals surface area contributed by atoms with Gasteiger partial charge >= 0.3 is 0 Å². The summed E-state index contributed by atoms with van der Waals surface area (Å²) in [6.45, 7) is 0.461. The minimum Gasteiger partial charge on any atom is -0.370 e. The molecule has 1 aliphatic rings. The fourth-order valence-electron chi connectivity index (χ4n) is 2.62. The van der Waals surface area contributed by atoms with Crippen molar-refractivity contribution in [3.8, 4) is 0 Å². The highest BCUT2D eigenvalue weighted by Crippen LogP contribution is 2.17. The maximum atomic E-state index is 11.3. The van der Waals surface area contributed by atoms with Crippen LogP contribution in [0.2, 0.25) is 0 Å². The molecule has 1 aromatic rings. The molecule has 1 aromatic carbocycles. The van der Waals surface area contributed by atoms with Gasteiger partial charge in [-0.05, 0) is 24.0 Å². The summed E-state index contributed by atoms with van der Waals surface area (Å²) >= 11 is 0. The van der Waals surface area contributed by atoms with E-state index in [-0.39, 0.29) is 5.75 Å². The molecule has 0 bridgehead atoms. The number of nitrogens with one attached hydrogen (secondary N) is 1. The minimum absolute atomic E-state index is 0.0559. The molecule has 6 heteroatoms. The molecular formula is C15H23N3O2S. The van der Waals surface area contributed by atoms with Crippen LogP contribution in [0.1, 0.15) is 36.8 Å². The van der Waals surface area contributed by atoms with E-state index >= 15 is 0 Å². The van der Waals surface area contributed by atoms with Crippen molar-refractivity contribution in [3.63, 3.8) is 0 Å². The molecular weight excluding hydrogens is 286 g/mol.